The number of halogens is 1. The molecule has 0 aliphatic rings. The van der Waals surface area contributed by atoms with E-state index in [4.69, 9.17) is 11.6 Å². The molecule has 4 nitrogen and oxygen atoms in total. The molecule has 0 unspecified atom stereocenters. The van der Waals surface area contributed by atoms with Gasteiger partial charge in [-0.3, -0.25) is 9.48 Å². The fourth-order valence-electron chi connectivity index (χ4n) is 2.28. The van der Waals surface area contributed by atoms with Gasteiger partial charge in [-0.15, -0.1) is 0 Å². The van der Waals surface area contributed by atoms with Crippen molar-refractivity contribution in [2.24, 2.45) is 7.05 Å². The fourth-order valence-corrected chi connectivity index (χ4v) is 2.61. The van der Waals surface area contributed by atoms with Crippen molar-refractivity contribution in [3.05, 3.63) is 58.4 Å². The fraction of sp³-hybridized carbons (Fsp3) is 0.333. The average Bonchev–Trinajstić information content (AvgIpc) is 2.78. The van der Waals surface area contributed by atoms with Gasteiger partial charge in [0.25, 0.3) is 5.91 Å². The standard InChI is InChI=1S/C18H22ClN3O.2H2/c1-6-14-15(19)16(22(5)21-14)17(23)20-11-12-7-9-13(10-8-12)18(2,3)4;;/h6-10H,1,11H2,2-5H3,(H,20,23);2*1H. The van der Waals surface area contributed by atoms with Gasteiger partial charge in [0.1, 0.15) is 11.4 Å². The summed E-state index contributed by atoms with van der Waals surface area (Å²) >= 11 is 6.16. The minimum absolute atomic E-state index is 0. The lowest BCUT2D eigenvalue weighted by Gasteiger charge is -2.19. The lowest BCUT2D eigenvalue weighted by Crippen LogP contribution is -2.25. The van der Waals surface area contributed by atoms with E-state index >= 15 is 0 Å². The molecule has 1 aromatic heterocycles. The highest BCUT2D eigenvalue weighted by Gasteiger charge is 2.19. The Kier molecular flexibility index (Phi) is 4.95. The first-order valence-corrected chi connectivity index (χ1v) is 7.84. The van der Waals surface area contributed by atoms with E-state index in [2.05, 4.69) is 49.9 Å². The quantitative estimate of drug-likeness (QED) is 0.898. The number of benzene rings is 1. The molecule has 1 amide bonds. The van der Waals surface area contributed by atoms with Crippen LogP contribution in [-0.2, 0) is 19.0 Å². The molecule has 5 heteroatoms. The summed E-state index contributed by atoms with van der Waals surface area (Å²) in [4.78, 5) is 12.3. The Morgan fingerprint density at radius 1 is 1.39 bits per heavy atom. The van der Waals surface area contributed by atoms with Gasteiger partial charge < -0.3 is 5.32 Å². The third-order valence-corrected chi connectivity index (χ3v) is 4.07. The molecule has 0 aliphatic heterocycles. The summed E-state index contributed by atoms with van der Waals surface area (Å²) in [6.07, 6.45) is 1.53. The molecular formula is C18H26ClN3O. The lowest BCUT2D eigenvalue weighted by atomic mass is 9.87. The predicted molar refractivity (Wildman–Crippen MR) is 98.8 cm³/mol. The van der Waals surface area contributed by atoms with Gasteiger partial charge in [0.2, 0.25) is 0 Å². The first-order chi connectivity index (χ1) is 10.7. The second-order valence-corrected chi connectivity index (χ2v) is 6.88. The summed E-state index contributed by atoms with van der Waals surface area (Å²) in [5.74, 6) is -0.252. The van der Waals surface area contributed by atoms with Gasteiger partial charge in [0.15, 0.2) is 0 Å². The predicted octanol–water partition coefficient (Wildman–Crippen LogP) is 4.44. The molecule has 1 N–H and O–H groups in total. The van der Waals surface area contributed by atoms with Gasteiger partial charge in [-0.1, -0.05) is 63.2 Å². The van der Waals surface area contributed by atoms with Crippen LogP contribution >= 0.6 is 11.6 Å². The number of hydrogen-bond acceptors (Lipinski definition) is 2. The maximum Gasteiger partial charge on any atom is 0.271 e. The molecule has 0 bridgehead atoms. The minimum atomic E-state index is -0.252. The van der Waals surface area contributed by atoms with Crippen LogP contribution in [0.15, 0.2) is 30.8 Å². The second-order valence-electron chi connectivity index (χ2n) is 6.51. The molecule has 126 valence electrons. The second kappa shape index (κ2) is 6.59. The molecule has 1 aromatic carbocycles. The third-order valence-electron chi connectivity index (χ3n) is 3.70. The molecule has 0 aliphatic carbocycles. The molecule has 0 spiro atoms. The summed E-state index contributed by atoms with van der Waals surface area (Å²) < 4.78 is 1.47. The molecule has 0 atom stereocenters. The van der Waals surface area contributed by atoms with E-state index < -0.39 is 0 Å². The smallest absolute Gasteiger partial charge is 0.271 e. The summed E-state index contributed by atoms with van der Waals surface area (Å²) in [5.41, 5.74) is 3.26. The van der Waals surface area contributed by atoms with Crippen molar-refractivity contribution >= 4 is 23.6 Å². The van der Waals surface area contributed by atoms with E-state index in [-0.39, 0.29) is 14.2 Å². The number of nitrogens with one attached hydrogen (secondary N) is 1. The molecule has 2 rings (SSSR count). The number of carbonyl (C=O) groups is 1. The van der Waals surface area contributed by atoms with E-state index in [1.54, 1.807) is 7.05 Å². The Morgan fingerprint density at radius 3 is 2.48 bits per heavy atom. The van der Waals surface area contributed by atoms with Gasteiger partial charge in [-0.25, -0.2) is 0 Å². The van der Waals surface area contributed by atoms with Gasteiger partial charge in [-0.05, 0) is 22.6 Å². The normalized spacial score (nSPS) is 11.3. The van der Waals surface area contributed by atoms with Crippen molar-refractivity contribution in [1.82, 2.24) is 15.1 Å². The first-order valence-electron chi connectivity index (χ1n) is 7.46. The van der Waals surface area contributed by atoms with Crippen LogP contribution in [0.2, 0.25) is 5.02 Å². The molecule has 0 saturated carbocycles. The van der Waals surface area contributed by atoms with Crippen molar-refractivity contribution in [3.8, 4) is 0 Å². The molecular weight excluding hydrogens is 310 g/mol. The molecule has 0 saturated heterocycles. The highest BCUT2D eigenvalue weighted by molar-refractivity contribution is 6.34. The van der Waals surface area contributed by atoms with Crippen LogP contribution in [0, 0.1) is 0 Å². The van der Waals surface area contributed by atoms with Crippen LogP contribution < -0.4 is 5.32 Å². The maximum atomic E-state index is 12.3. The summed E-state index contributed by atoms with van der Waals surface area (Å²) in [5, 5.41) is 7.35. The van der Waals surface area contributed by atoms with Gasteiger partial charge in [-0.2, -0.15) is 5.10 Å². The lowest BCUT2D eigenvalue weighted by molar-refractivity contribution is 0.0941. The SMILES string of the molecule is C=Cc1nn(C)c(C(=O)NCc2ccc(C(C)(C)C)cc2)c1Cl.[HH].[HH]. The van der Waals surface area contributed by atoms with Crippen molar-refractivity contribution in [3.63, 3.8) is 0 Å². The molecule has 23 heavy (non-hydrogen) atoms. The van der Waals surface area contributed by atoms with Crippen LogP contribution in [-0.4, -0.2) is 15.7 Å². The highest BCUT2D eigenvalue weighted by Crippen LogP contribution is 2.23. The third kappa shape index (κ3) is 3.82. The number of nitrogens with zero attached hydrogens (tertiary/aromatic N) is 2. The molecule has 2 aromatic rings. The van der Waals surface area contributed by atoms with Crippen LogP contribution in [0.5, 0.6) is 0 Å². The van der Waals surface area contributed by atoms with Crippen molar-refractivity contribution in [2.75, 3.05) is 0 Å². The van der Waals surface area contributed by atoms with E-state index in [9.17, 15) is 4.79 Å². The van der Waals surface area contributed by atoms with E-state index in [1.165, 1.54) is 16.3 Å². The topological polar surface area (TPSA) is 46.9 Å². The maximum absolute atomic E-state index is 12.3. The molecule has 1 heterocycles. The van der Waals surface area contributed by atoms with Crippen molar-refractivity contribution in [1.29, 1.82) is 0 Å². The van der Waals surface area contributed by atoms with Crippen LogP contribution in [0.25, 0.3) is 6.08 Å². The van der Waals surface area contributed by atoms with Gasteiger partial charge in [0, 0.05) is 16.4 Å². The number of hydrogen-bond donors (Lipinski definition) is 1. The van der Waals surface area contributed by atoms with Crippen LogP contribution in [0.4, 0.5) is 0 Å². The Balaban J connectivity index is 0.00000288. The number of rotatable bonds is 4. The summed E-state index contributed by atoms with van der Waals surface area (Å²) in [6.45, 7) is 10.6. The number of amides is 1. The Labute approximate surface area is 145 Å². The Hall–Kier alpha value is -2.07. The van der Waals surface area contributed by atoms with Crippen molar-refractivity contribution in [2.45, 2.75) is 32.7 Å². The van der Waals surface area contributed by atoms with E-state index in [0.29, 0.717) is 23.0 Å². The minimum Gasteiger partial charge on any atom is -0.347 e. The zero-order valence-electron chi connectivity index (χ0n) is 14.0. The highest BCUT2D eigenvalue weighted by atomic mass is 35.5. The zero-order valence-corrected chi connectivity index (χ0v) is 14.7. The van der Waals surface area contributed by atoms with Gasteiger partial charge >= 0.3 is 0 Å². The van der Waals surface area contributed by atoms with Crippen LogP contribution in [0.1, 0.15) is 50.9 Å². The van der Waals surface area contributed by atoms with Crippen molar-refractivity contribution < 1.29 is 7.65 Å². The Bertz CT molecular complexity index is 734. The number of carbonyl (C=O) groups excluding carboxylic acids is 1. The van der Waals surface area contributed by atoms with Crippen LogP contribution in [0.3, 0.4) is 0 Å². The summed E-state index contributed by atoms with van der Waals surface area (Å²) in [6, 6.07) is 8.24. The number of aryl methyl sites for hydroxylation is 1. The average molecular weight is 336 g/mol. The first kappa shape index (κ1) is 17.3. The van der Waals surface area contributed by atoms with E-state index in [0.717, 1.165) is 5.56 Å². The molecule has 0 radical (unpaired) electrons. The zero-order chi connectivity index (χ0) is 17.2. The number of aromatic nitrogens is 2. The Morgan fingerprint density at radius 2 is 2.00 bits per heavy atom. The van der Waals surface area contributed by atoms with Gasteiger partial charge in [0.05, 0.1) is 5.02 Å². The van der Waals surface area contributed by atoms with E-state index in [1.807, 2.05) is 12.1 Å². The monoisotopic (exact) mass is 335 g/mol. The summed E-state index contributed by atoms with van der Waals surface area (Å²) in [7, 11) is 1.69. The molecule has 0 fully saturated rings. The largest absolute Gasteiger partial charge is 0.347 e.